The average Bonchev–Trinajstić information content (AvgIpc) is 2.66. The summed E-state index contributed by atoms with van der Waals surface area (Å²) in [7, 11) is 0. The van der Waals surface area contributed by atoms with Crippen molar-refractivity contribution in [3.63, 3.8) is 0 Å². The molecule has 102 valence electrons. The predicted octanol–water partition coefficient (Wildman–Crippen LogP) is 2.47. The molecule has 0 spiro atoms. The lowest BCUT2D eigenvalue weighted by molar-refractivity contribution is -0.137. The van der Waals surface area contributed by atoms with E-state index in [1.807, 2.05) is 0 Å². The third kappa shape index (κ3) is 2.77. The molecule has 0 aliphatic carbocycles. The van der Waals surface area contributed by atoms with Gasteiger partial charge in [0.25, 0.3) is 0 Å². The molecule has 0 bridgehead atoms. The van der Waals surface area contributed by atoms with E-state index in [1.165, 1.54) is 12.1 Å². The number of halogens is 3. The summed E-state index contributed by atoms with van der Waals surface area (Å²) in [5.74, 6) is -1.51. The Bertz CT molecular complexity index is 508. The van der Waals surface area contributed by atoms with Gasteiger partial charge in [-0.1, -0.05) is 19.1 Å². The van der Waals surface area contributed by atoms with Crippen LogP contribution in [0.4, 0.5) is 13.2 Å². The van der Waals surface area contributed by atoms with E-state index in [-0.39, 0.29) is 24.2 Å². The minimum atomic E-state index is -4.37. The van der Waals surface area contributed by atoms with Gasteiger partial charge >= 0.3 is 6.18 Å². The molecule has 6 heteroatoms. The first kappa shape index (κ1) is 13.6. The van der Waals surface area contributed by atoms with Crippen molar-refractivity contribution in [1.29, 1.82) is 0 Å². The van der Waals surface area contributed by atoms with Crippen molar-refractivity contribution in [3.05, 3.63) is 35.4 Å². The molecule has 1 fully saturated rings. The highest BCUT2D eigenvalue weighted by molar-refractivity contribution is 6.03. The molecule has 2 amide bonds. The predicted molar refractivity (Wildman–Crippen MR) is 61.1 cm³/mol. The molecule has 1 aliphatic heterocycles. The molecule has 1 aromatic rings. The highest BCUT2D eigenvalue weighted by Crippen LogP contribution is 2.33. The van der Waals surface area contributed by atoms with Gasteiger partial charge in [0.1, 0.15) is 0 Å². The van der Waals surface area contributed by atoms with Crippen LogP contribution < -0.4 is 5.32 Å². The molecule has 0 aromatic heterocycles. The molecule has 19 heavy (non-hydrogen) atoms. The van der Waals surface area contributed by atoms with Gasteiger partial charge in [0.2, 0.25) is 11.8 Å². The van der Waals surface area contributed by atoms with E-state index in [0.29, 0.717) is 5.56 Å². The van der Waals surface area contributed by atoms with Crippen molar-refractivity contribution in [1.82, 2.24) is 5.32 Å². The van der Waals surface area contributed by atoms with E-state index < -0.39 is 17.7 Å². The quantitative estimate of drug-likeness (QED) is 0.840. The molecular formula is C13H12F3NO2. The van der Waals surface area contributed by atoms with E-state index in [4.69, 9.17) is 0 Å². The van der Waals surface area contributed by atoms with E-state index in [2.05, 4.69) is 5.32 Å². The number of alkyl halides is 3. The molecule has 1 saturated heterocycles. The lowest BCUT2D eigenvalue weighted by atomic mass is 9.86. The van der Waals surface area contributed by atoms with Gasteiger partial charge in [-0.15, -0.1) is 0 Å². The Balaban J connectivity index is 2.18. The standard InChI is InChI=1S/C13H12F3NO2/c1-7(10-6-11(18)17-12(10)19)8-2-4-9(5-3-8)13(14,15)16/h2-5,7,10H,6H2,1H3,(H,17,18,19). The zero-order valence-electron chi connectivity index (χ0n) is 10.1. The first-order valence-electron chi connectivity index (χ1n) is 5.80. The van der Waals surface area contributed by atoms with Crippen LogP contribution >= 0.6 is 0 Å². The number of benzene rings is 1. The zero-order valence-corrected chi connectivity index (χ0v) is 10.1. The Morgan fingerprint density at radius 3 is 2.21 bits per heavy atom. The van der Waals surface area contributed by atoms with Crippen LogP contribution in [-0.4, -0.2) is 11.8 Å². The van der Waals surface area contributed by atoms with E-state index in [0.717, 1.165) is 12.1 Å². The summed E-state index contributed by atoms with van der Waals surface area (Å²) >= 11 is 0. The summed E-state index contributed by atoms with van der Waals surface area (Å²) in [6, 6.07) is 4.67. The number of hydrogen-bond donors (Lipinski definition) is 1. The third-order valence-corrected chi connectivity index (χ3v) is 3.37. The topological polar surface area (TPSA) is 46.2 Å². The molecule has 1 N–H and O–H groups in total. The van der Waals surface area contributed by atoms with Crippen molar-refractivity contribution < 1.29 is 22.8 Å². The molecule has 2 rings (SSSR count). The Labute approximate surface area is 107 Å². The summed E-state index contributed by atoms with van der Waals surface area (Å²) < 4.78 is 37.3. The largest absolute Gasteiger partial charge is 0.416 e. The molecule has 2 atom stereocenters. The number of rotatable bonds is 2. The van der Waals surface area contributed by atoms with Crippen molar-refractivity contribution >= 4 is 11.8 Å². The monoisotopic (exact) mass is 271 g/mol. The van der Waals surface area contributed by atoms with Crippen LogP contribution in [0.2, 0.25) is 0 Å². The second-order valence-electron chi connectivity index (χ2n) is 4.63. The number of hydrogen-bond acceptors (Lipinski definition) is 2. The highest BCUT2D eigenvalue weighted by Gasteiger charge is 2.36. The summed E-state index contributed by atoms with van der Waals surface area (Å²) in [6.45, 7) is 1.73. The van der Waals surface area contributed by atoms with Gasteiger partial charge in [0.15, 0.2) is 0 Å². The van der Waals surface area contributed by atoms with Gasteiger partial charge < -0.3 is 0 Å². The smallest absolute Gasteiger partial charge is 0.296 e. The van der Waals surface area contributed by atoms with Crippen LogP contribution in [-0.2, 0) is 15.8 Å². The maximum Gasteiger partial charge on any atom is 0.416 e. The van der Waals surface area contributed by atoms with Crippen LogP contribution in [0.5, 0.6) is 0 Å². The fourth-order valence-corrected chi connectivity index (χ4v) is 2.19. The Kier molecular flexibility index (Phi) is 3.34. The maximum absolute atomic E-state index is 12.4. The second kappa shape index (κ2) is 4.68. The summed E-state index contributed by atoms with van der Waals surface area (Å²) in [5, 5.41) is 2.20. The molecule has 3 nitrogen and oxygen atoms in total. The summed E-state index contributed by atoms with van der Waals surface area (Å²) in [6.07, 6.45) is -4.29. The van der Waals surface area contributed by atoms with E-state index in [9.17, 15) is 22.8 Å². The van der Waals surface area contributed by atoms with Crippen LogP contribution in [0, 0.1) is 5.92 Å². The van der Waals surface area contributed by atoms with Crippen molar-refractivity contribution in [2.24, 2.45) is 5.92 Å². The van der Waals surface area contributed by atoms with E-state index >= 15 is 0 Å². The number of carbonyl (C=O) groups is 2. The van der Waals surface area contributed by atoms with Crippen molar-refractivity contribution in [2.45, 2.75) is 25.4 Å². The lowest BCUT2D eigenvalue weighted by Gasteiger charge is -2.17. The first-order valence-corrected chi connectivity index (χ1v) is 5.80. The molecule has 0 saturated carbocycles. The van der Waals surface area contributed by atoms with Crippen LogP contribution in [0.25, 0.3) is 0 Å². The van der Waals surface area contributed by atoms with Gasteiger partial charge in [-0.25, -0.2) is 0 Å². The fourth-order valence-electron chi connectivity index (χ4n) is 2.19. The highest BCUT2D eigenvalue weighted by atomic mass is 19.4. The number of amides is 2. The Hall–Kier alpha value is -1.85. The van der Waals surface area contributed by atoms with Gasteiger partial charge in [-0.05, 0) is 23.6 Å². The maximum atomic E-state index is 12.4. The minimum Gasteiger partial charge on any atom is -0.296 e. The molecule has 1 heterocycles. The third-order valence-electron chi connectivity index (χ3n) is 3.37. The Morgan fingerprint density at radius 1 is 1.21 bits per heavy atom. The minimum absolute atomic E-state index is 0.0843. The van der Waals surface area contributed by atoms with Gasteiger partial charge in [0.05, 0.1) is 11.5 Å². The van der Waals surface area contributed by atoms with E-state index in [1.54, 1.807) is 6.92 Å². The zero-order chi connectivity index (χ0) is 14.2. The van der Waals surface area contributed by atoms with Crippen LogP contribution in [0.1, 0.15) is 30.4 Å². The summed E-state index contributed by atoms with van der Waals surface area (Å²) in [5.41, 5.74) is -0.113. The molecule has 2 unspecified atom stereocenters. The second-order valence-corrected chi connectivity index (χ2v) is 4.63. The lowest BCUT2D eigenvalue weighted by Crippen LogP contribution is -2.24. The number of nitrogens with one attached hydrogen (secondary N) is 1. The van der Waals surface area contributed by atoms with Crippen LogP contribution in [0.3, 0.4) is 0 Å². The molecule has 1 aromatic carbocycles. The normalized spacial score (nSPS) is 21.4. The molecule has 1 aliphatic rings. The van der Waals surface area contributed by atoms with Gasteiger partial charge in [-0.2, -0.15) is 13.2 Å². The van der Waals surface area contributed by atoms with Crippen LogP contribution in [0.15, 0.2) is 24.3 Å². The average molecular weight is 271 g/mol. The van der Waals surface area contributed by atoms with Gasteiger partial charge in [-0.3, -0.25) is 14.9 Å². The molecule has 0 radical (unpaired) electrons. The SMILES string of the molecule is CC(c1ccc(C(F)(F)F)cc1)C1CC(=O)NC1=O. The number of imide groups is 1. The number of carbonyl (C=O) groups excluding carboxylic acids is 2. The van der Waals surface area contributed by atoms with Crippen molar-refractivity contribution in [2.75, 3.05) is 0 Å². The Morgan fingerprint density at radius 2 is 1.79 bits per heavy atom. The fraction of sp³-hybridized carbons (Fsp3) is 0.385. The van der Waals surface area contributed by atoms with Gasteiger partial charge in [0, 0.05) is 6.42 Å². The summed E-state index contributed by atoms with van der Waals surface area (Å²) in [4.78, 5) is 22.6. The molecular weight excluding hydrogens is 259 g/mol. The van der Waals surface area contributed by atoms with Crippen molar-refractivity contribution in [3.8, 4) is 0 Å². The first-order chi connectivity index (χ1) is 8.79.